The predicted octanol–water partition coefficient (Wildman–Crippen LogP) is 2.90. The average molecular weight is 291 g/mol. The molecule has 0 atom stereocenters. The van der Waals surface area contributed by atoms with Gasteiger partial charge >= 0.3 is 0 Å². The van der Waals surface area contributed by atoms with Crippen molar-refractivity contribution in [2.75, 3.05) is 12.8 Å². The molecule has 0 aromatic heterocycles. The third-order valence-electron chi connectivity index (χ3n) is 2.90. The molecule has 4 nitrogen and oxygen atoms in total. The summed E-state index contributed by atoms with van der Waals surface area (Å²) in [6.07, 6.45) is 0. The van der Waals surface area contributed by atoms with Gasteiger partial charge in [0.2, 0.25) is 0 Å². The number of nitrogens with two attached hydrogens (primary N) is 1. The molecule has 2 aromatic carbocycles. The molecule has 1 amide bonds. The number of rotatable bonds is 3. The number of aromatic hydroxyl groups is 1. The van der Waals surface area contributed by atoms with Crippen LogP contribution in [0.15, 0.2) is 42.5 Å². The third kappa shape index (κ3) is 3.22. The first-order valence-corrected chi connectivity index (χ1v) is 6.43. The molecular formula is C15H15ClN2O2. The Morgan fingerprint density at radius 3 is 2.75 bits per heavy atom. The Bertz CT molecular complexity index is 644. The van der Waals surface area contributed by atoms with Crippen molar-refractivity contribution >= 4 is 23.2 Å². The van der Waals surface area contributed by atoms with Crippen LogP contribution in [0.2, 0.25) is 5.02 Å². The van der Waals surface area contributed by atoms with Crippen LogP contribution in [0.5, 0.6) is 5.75 Å². The van der Waals surface area contributed by atoms with Gasteiger partial charge in [0.15, 0.2) is 0 Å². The van der Waals surface area contributed by atoms with E-state index in [0.29, 0.717) is 22.8 Å². The lowest BCUT2D eigenvalue weighted by molar-refractivity contribution is 0.0785. The number of anilines is 1. The second-order valence-electron chi connectivity index (χ2n) is 4.57. The highest BCUT2D eigenvalue weighted by Crippen LogP contribution is 2.21. The molecule has 3 N–H and O–H groups in total. The van der Waals surface area contributed by atoms with Crippen LogP contribution >= 0.6 is 11.6 Å². The minimum absolute atomic E-state index is 0.172. The van der Waals surface area contributed by atoms with E-state index in [-0.39, 0.29) is 11.7 Å². The number of phenolic OH excluding ortho intramolecular Hbond substituents is 1. The Hall–Kier alpha value is -2.20. The van der Waals surface area contributed by atoms with E-state index in [1.807, 2.05) is 6.07 Å². The number of amides is 1. The monoisotopic (exact) mass is 290 g/mol. The van der Waals surface area contributed by atoms with Crippen molar-refractivity contribution in [1.82, 2.24) is 4.90 Å². The van der Waals surface area contributed by atoms with Gasteiger partial charge in [0.1, 0.15) is 5.75 Å². The molecule has 2 aromatic rings. The molecule has 0 spiro atoms. The van der Waals surface area contributed by atoms with Crippen LogP contribution in [0, 0.1) is 0 Å². The van der Waals surface area contributed by atoms with Crippen molar-refractivity contribution in [2.24, 2.45) is 0 Å². The van der Waals surface area contributed by atoms with Gasteiger partial charge in [-0.25, -0.2) is 0 Å². The number of carbonyl (C=O) groups is 1. The molecule has 20 heavy (non-hydrogen) atoms. The SMILES string of the molecule is CN(Cc1cccc(O)c1)C(=O)c1cc(N)ccc1Cl. The van der Waals surface area contributed by atoms with E-state index in [0.717, 1.165) is 5.56 Å². The number of hydrogen-bond acceptors (Lipinski definition) is 3. The third-order valence-corrected chi connectivity index (χ3v) is 3.23. The highest BCUT2D eigenvalue weighted by atomic mass is 35.5. The van der Waals surface area contributed by atoms with Gasteiger partial charge in [-0.15, -0.1) is 0 Å². The smallest absolute Gasteiger partial charge is 0.255 e. The average Bonchev–Trinajstić information content (AvgIpc) is 2.40. The molecule has 104 valence electrons. The second kappa shape index (κ2) is 5.84. The standard InChI is InChI=1S/C15H15ClN2O2/c1-18(9-10-3-2-4-12(19)7-10)15(20)13-8-11(17)5-6-14(13)16/h2-8,19H,9,17H2,1H3. The first kappa shape index (κ1) is 14.2. The van der Waals surface area contributed by atoms with Crippen molar-refractivity contribution in [3.8, 4) is 5.75 Å². The van der Waals surface area contributed by atoms with Crippen molar-refractivity contribution < 1.29 is 9.90 Å². The minimum atomic E-state index is -0.217. The predicted molar refractivity (Wildman–Crippen MR) is 79.8 cm³/mol. The molecule has 0 saturated heterocycles. The molecule has 0 aliphatic heterocycles. The number of nitrogens with zero attached hydrogens (tertiary/aromatic N) is 1. The van der Waals surface area contributed by atoms with Gasteiger partial charge in [-0.1, -0.05) is 23.7 Å². The van der Waals surface area contributed by atoms with Crippen LogP contribution < -0.4 is 5.73 Å². The summed E-state index contributed by atoms with van der Waals surface area (Å²) < 4.78 is 0. The van der Waals surface area contributed by atoms with Gasteiger partial charge in [0, 0.05) is 19.3 Å². The van der Waals surface area contributed by atoms with Crippen LogP contribution in [0.3, 0.4) is 0 Å². The maximum absolute atomic E-state index is 12.3. The van der Waals surface area contributed by atoms with Crippen molar-refractivity contribution in [1.29, 1.82) is 0 Å². The van der Waals surface area contributed by atoms with Gasteiger partial charge < -0.3 is 15.7 Å². The summed E-state index contributed by atoms with van der Waals surface area (Å²) in [5.41, 5.74) is 7.37. The minimum Gasteiger partial charge on any atom is -0.508 e. The van der Waals surface area contributed by atoms with E-state index in [1.54, 1.807) is 43.4 Å². The van der Waals surface area contributed by atoms with Gasteiger partial charge in [-0.05, 0) is 35.9 Å². The van der Waals surface area contributed by atoms with Crippen LogP contribution in [-0.4, -0.2) is 23.0 Å². The quantitative estimate of drug-likeness (QED) is 0.854. The summed E-state index contributed by atoms with van der Waals surface area (Å²) in [6.45, 7) is 0.373. The molecule has 2 rings (SSSR count). The Kier molecular flexibility index (Phi) is 4.15. The summed E-state index contributed by atoms with van der Waals surface area (Å²) in [5.74, 6) is -0.0454. The highest BCUT2D eigenvalue weighted by Gasteiger charge is 2.15. The molecule has 5 heteroatoms. The summed E-state index contributed by atoms with van der Waals surface area (Å²) in [5, 5.41) is 9.79. The topological polar surface area (TPSA) is 66.6 Å². The van der Waals surface area contributed by atoms with Crippen molar-refractivity contribution in [3.63, 3.8) is 0 Å². The summed E-state index contributed by atoms with van der Waals surface area (Å²) in [4.78, 5) is 13.9. The lowest BCUT2D eigenvalue weighted by atomic mass is 10.1. The zero-order valence-corrected chi connectivity index (χ0v) is 11.8. The lowest BCUT2D eigenvalue weighted by Crippen LogP contribution is -2.26. The number of benzene rings is 2. The molecular weight excluding hydrogens is 276 g/mol. The lowest BCUT2D eigenvalue weighted by Gasteiger charge is -2.18. The van der Waals surface area contributed by atoms with E-state index < -0.39 is 0 Å². The number of carbonyl (C=O) groups excluding carboxylic acids is 1. The summed E-state index contributed by atoms with van der Waals surface area (Å²) >= 11 is 6.02. The van der Waals surface area contributed by atoms with Gasteiger partial charge in [-0.2, -0.15) is 0 Å². The van der Waals surface area contributed by atoms with E-state index in [1.165, 1.54) is 4.90 Å². The highest BCUT2D eigenvalue weighted by molar-refractivity contribution is 6.33. The molecule has 0 saturated carbocycles. The first-order valence-electron chi connectivity index (χ1n) is 6.06. The molecule has 0 fully saturated rings. The fraction of sp³-hybridized carbons (Fsp3) is 0.133. The Morgan fingerprint density at radius 1 is 1.30 bits per heavy atom. The molecule has 0 bridgehead atoms. The second-order valence-corrected chi connectivity index (χ2v) is 4.98. The number of hydrogen-bond donors (Lipinski definition) is 2. The zero-order valence-electron chi connectivity index (χ0n) is 11.0. The molecule has 0 heterocycles. The van der Waals surface area contributed by atoms with Gasteiger partial charge in [-0.3, -0.25) is 4.79 Å². The van der Waals surface area contributed by atoms with Crippen LogP contribution in [0.1, 0.15) is 15.9 Å². The molecule has 0 radical (unpaired) electrons. The van der Waals surface area contributed by atoms with E-state index in [4.69, 9.17) is 17.3 Å². The normalized spacial score (nSPS) is 10.3. The van der Waals surface area contributed by atoms with Crippen molar-refractivity contribution in [2.45, 2.75) is 6.54 Å². The molecule has 0 aliphatic rings. The summed E-state index contributed by atoms with van der Waals surface area (Å²) in [7, 11) is 1.67. The number of nitrogen functional groups attached to an aromatic ring is 1. The molecule has 0 aliphatic carbocycles. The van der Waals surface area contributed by atoms with Crippen LogP contribution in [-0.2, 0) is 6.54 Å². The largest absolute Gasteiger partial charge is 0.508 e. The van der Waals surface area contributed by atoms with Crippen molar-refractivity contribution in [3.05, 3.63) is 58.6 Å². The van der Waals surface area contributed by atoms with Crippen LogP contribution in [0.4, 0.5) is 5.69 Å². The summed E-state index contributed by atoms with van der Waals surface area (Å²) in [6, 6.07) is 11.6. The van der Waals surface area contributed by atoms with Crippen LogP contribution in [0.25, 0.3) is 0 Å². The molecule has 0 unspecified atom stereocenters. The Balaban J connectivity index is 2.18. The maximum atomic E-state index is 12.3. The Labute approximate surface area is 122 Å². The fourth-order valence-electron chi connectivity index (χ4n) is 1.91. The van der Waals surface area contributed by atoms with E-state index in [2.05, 4.69) is 0 Å². The Morgan fingerprint density at radius 2 is 2.05 bits per heavy atom. The van der Waals surface area contributed by atoms with E-state index in [9.17, 15) is 9.90 Å². The number of phenols is 1. The first-order chi connectivity index (χ1) is 9.47. The fourth-order valence-corrected chi connectivity index (χ4v) is 2.11. The maximum Gasteiger partial charge on any atom is 0.255 e. The number of halogens is 1. The van der Waals surface area contributed by atoms with Gasteiger partial charge in [0.05, 0.1) is 10.6 Å². The van der Waals surface area contributed by atoms with Gasteiger partial charge in [0.25, 0.3) is 5.91 Å². The zero-order chi connectivity index (χ0) is 14.7. The van der Waals surface area contributed by atoms with E-state index >= 15 is 0 Å².